The number of carboxylic acid groups (broad SMARTS) is 1. The summed E-state index contributed by atoms with van der Waals surface area (Å²) in [5, 5.41) is 18.5. The number of carboxylic acids is 1. The predicted molar refractivity (Wildman–Crippen MR) is 65.1 cm³/mol. The van der Waals surface area contributed by atoms with Gasteiger partial charge >= 0.3 is 5.97 Å². The molecule has 0 saturated heterocycles. The first-order valence-corrected chi connectivity index (χ1v) is 6.16. The van der Waals surface area contributed by atoms with Crippen LogP contribution in [0, 0.1) is 5.92 Å². The van der Waals surface area contributed by atoms with Gasteiger partial charge in [0.1, 0.15) is 5.75 Å². The molecule has 3 nitrogen and oxygen atoms in total. The van der Waals surface area contributed by atoms with E-state index < -0.39 is 5.97 Å². The Labute approximate surface area is 101 Å². The minimum atomic E-state index is -0.698. The second-order valence-electron chi connectivity index (χ2n) is 4.87. The Morgan fingerprint density at radius 3 is 2.41 bits per heavy atom. The number of para-hydroxylation sites is 1. The van der Waals surface area contributed by atoms with Gasteiger partial charge in [-0.25, -0.2) is 0 Å². The molecule has 3 heteroatoms. The van der Waals surface area contributed by atoms with E-state index in [0.717, 1.165) is 31.2 Å². The molecule has 0 unspecified atom stereocenters. The number of benzene rings is 1. The molecule has 0 spiro atoms. The first kappa shape index (κ1) is 12.0. The van der Waals surface area contributed by atoms with Gasteiger partial charge in [0.2, 0.25) is 0 Å². The number of carbonyl (C=O) groups is 1. The van der Waals surface area contributed by atoms with Crippen molar-refractivity contribution in [3.8, 4) is 5.75 Å². The molecule has 0 atom stereocenters. The predicted octanol–water partition coefficient (Wildman–Crippen LogP) is 3.14. The first-order valence-electron chi connectivity index (χ1n) is 6.16. The average Bonchev–Trinajstić information content (AvgIpc) is 2.30. The molecule has 1 saturated carbocycles. The van der Waals surface area contributed by atoms with Crippen molar-refractivity contribution in [3.05, 3.63) is 29.8 Å². The molecule has 0 radical (unpaired) electrons. The highest BCUT2D eigenvalue weighted by Gasteiger charge is 2.25. The lowest BCUT2D eigenvalue weighted by molar-refractivity contribution is -0.138. The van der Waals surface area contributed by atoms with Gasteiger partial charge in [-0.15, -0.1) is 0 Å². The van der Waals surface area contributed by atoms with Crippen LogP contribution in [0.1, 0.15) is 43.6 Å². The largest absolute Gasteiger partial charge is 0.508 e. The highest BCUT2D eigenvalue weighted by Crippen LogP contribution is 2.39. The third kappa shape index (κ3) is 2.99. The smallest absolute Gasteiger partial charge is 0.303 e. The van der Waals surface area contributed by atoms with Gasteiger partial charge in [0.15, 0.2) is 0 Å². The molecule has 0 bridgehead atoms. The van der Waals surface area contributed by atoms with E-state index in [9.17, 15) is 9.90 Å². The van der Waals surface area contributed by atoms with Crippen LogP contribution < -0.4 is 0 Å². The van der Waals surface area contributed by atoms with Crippen LogP contribution in [-0.4, -0.2) is 16.2 Å². The molecular formula is C14H18O3. The Kier molecular flexibility index (Phi) is 3.67. The summed E-state index contributed by atoms with van der Waals surface area (Å²) < 4.78 is 0. The van der Waals surface area contributed by atoms with Crippen molar-refractivity contribution in [1.29, 1.82) is 0 Å². The van der Waals surface area contributed by atoms with Gasteiger partial charge in [-0.1, -0.05) is 18.2 Å². The van der Waals surface area contributed by atoms with Crippen LogP contribution in [0.4, 0.5) is 0 Å². The highest BCUT2D eigenvalue weighted by atomic mass is 16.4. The summed E-state index contributed by atoms with van der Waals surface area (Å²) in [7, 11) is 0. The van der Waals surface area contributed by atoms with Gasteiger partial charge in [-0.3, -0.25) is 4.79 Å². The van der Waals surface area contributed by atoms with Crippen LogP contribution in [0.15, 0.2) is 24.3 Å². The lowest BCUT2D eigenvalue weighted by atomic mass is 9.77. The van der Waals surface area contributed by atoms with Crippen molar-refractivity contribution in [3.63, 3.8) is 0 Å². The number of hydrogen-bond acceptors (Lipinski definition) is 2. The van der Waals surface area contributed by atoms with Crippen LogP contribution in [0.5, 0.6) is 5.75 Å². The molecule has 0 aliphatic heterocycles. The number of rotatable bonds is 3. The fourth-order valence-corrected chi connectivity index (χ4v) is 2.76. The molecule has 2 N–H and O–H groups in total. The first-order chi connectivity index (χ1) is 8.16. The molecule has 0 aromatic heterocycles. The van der Waals surface area contributed by atoms with Gasteiger partial charge in [0.05, 0.1) is 0 Å². The van der Waals surface area contributed by atoms with Gasteiger partial charge in [-0.05, 0) is 49.1 Å². The molecule has 1 fully saturated rings. The zero-order valence-electron chi connectivity index (χ0n) is 9.80. The minimum Gasteiger partial charge on any atom is -0.508 e. The maximum Gasteiger partial charge on any atom is 0.303 e. The van der Waals surface area contributed by atoms with Gasteiger partial charge < -0.3 is 10.2 Å². The normalized spacial score (nSPS) is 24.5. The average molecular weight is 234 g/mol. The van der Waals surface area contributed by atoms with Crippen LogP contribution in [-0.2, 0) is 4.79 Å². The van der Waals surface area contributed by atoms with E-state index in [4.69, 9.17) is 5.11 Å². The van der Waals surface area contributed by atoms with Crippen molar-refractivity contribution >= 4 is 5.97 Å². The summed E-state index contributed by atoms with van der Waals surface area (Å²) in [5.41, 5.74) is 1.02. The number of phenols is 1. The van der Waals surface area contributed by atoms with Crippen LogP contribution >= 0.6 is 0 Å². The fraction of sp³-hybridized carbons (Fsp3) is 0.500. The second-order valence-corrected chi connectivity index (χ2v) is 4.87. The van der Waals surface area contributed by atoms with Crippen molar-refractivity contribution in [1.82, 2.24) is 0 Å². The molecular weight excluding hydrogens is 216 g/mol. The van der Waals surface area contributed by atoms with E-state index in [0.29, 0.717) is 17.6 Å². The summed E-state index contributed by atoms with van der Waals surface area (Å²) in [6.45, 7) is 0. The van der Waals surface area contributed by atoms with Gasteiger partial charge in [0, 0.05) is 6.42 Å². The third-order valence-electron chi connectivity index (χ3n) is 3.69. The van der Waals surface area contributed by atoms with E-state index in [-0.39, 0.29) is 6.42 Å². The summed E-state index contributed by atoms with van der Waals surface area (Å²) in [6.07, 6.45) is 4.15. The van der Waals surface area contributed by atoms with Crippen molar-refractivity contribution in [2.24, 2.45) is 5.92 Å². The van der Waals surface area contributed by atoms with Crippen LogP contribution in [0.3, 0.4) is 0 Å². The molecule has 0 amide bonds. The summed E-state index contributed by atoms with van der Waals surface area (Å²) in [4.78, 5) is 10.6. The Morgan fingerprint density at radius 1 is 1.18 bits per heavy atom. The fourth-order valence-electron chi connectivity index (χ4n) is 2.76. The molecule has 1 aliphatic carbocycles. The molecule has 1 aromatic carbocycles. The van der Waals surface area contributed by atoms with Crippen LogP contribution in [0.25, 0.3) is 0 Å². The van der Waals surface area contributed by atoms with E-state index in [2.05, 4.69) is 0 Å². The van der Waals surface area contributed by atoms with E-state index in [1.165, 1.54) is 0 Å². The monoisotopic (exact) mass is 234 g/mol. The standard InChI is InChI=1S/C14H18O3/c15-13-4-2-1-3-12(13)11-7-5-10(6-8-11)9-14(16)17/h1-4,10-11,15H,5-9H2,(H,16,17). The lowest BCUT2D eigenvalue weighted by Crippen LogP contribution is -2.16. The molecule has 0 heterocycles. The zero-order chi connectivity index (χ0) is 12.3. The summed E-state index contributed by atoms with van der Waals surface area (Å²) >= 11 is 0. The second kappa shape index (κ2) is 5.21. The minimum absolute atomic E-state index is 0.285. The molecule has 17 heavy (non-hydrogen) atoms. The quantitative estimate of drug-likeness (QED) is 0.844. The highest BCUT2D eigenvalue weighted by molar-refractivity contribution is 5.67. The van der Waals surface area contributed by atoms with Crippen molar-refractivity contribution < 1.29 is 15.0 Å². The SMILES string of the molecule is O=C(O)CC1CCC(c2ccccc2O)CC1. The maximum atomic E-state index is 10.6. The Morgan fingerprint density at radius 2 is 1.82 bits per heavy atom. The number of phenolic OH excluding ortho intramolecular Hbond substituents is 1. The molecule has 1 aromatic rings. The Hall–Kier alpha value is -1.51. The van der Waals surface area contributed by atoms with E-state index >= 15 is 0 Å². The van der Waals surface area contributed by atoms with Gasteiger partial charge in [-0.2, -0.15) is 0 Å². The van der Waals surface area contributed by atoms with E-state index in [1.54, 1.807) is 6.07 Å². The van der Waals surface area contributed by atoms with Gasteiger partial charge in [0.25, 0.3) is 0 Å². The maximum absolute atomic E-state index is 10.6. The Balaban J connectivity index is 1.95. The number of aliphatic carboxylic acids is 1. The third-order valence-corrected chi connectivity index (χ3v) is 3.69. The van der Waals surface area contributed by atoms with Crippen LogP contribution in [0.2, 0.25) is 0 Å². The molecule has 92 valence electrons. The summed E-state index contributed by atoms with van der Waals surface area (Å²) in [6, 6.07) is 7.46. The lowest BCUT2D eigenvalue weighted by Gasteiger charge is -2.28. The number of hydrogen-bond donors (Lipinski definition) is 2. The zero-order valence-corrected chi connectivity index (χ0v) is 9.80. The van der Waals surface area contributed by atoms with Crippen molar-refractivity contribution in [2.75, 3.05) is 0 Å². The summed E-state index contributed by atoms with van der Waals surface area (Å²) in [5.74, 6) is 0.376. The van der Waals surface area contributed by atoms with E-state index in [1.807, 2.05) is 18.2 Å². The van der Waals surface area contributed by atoms with Crippen molar-refractivity contribution in [2.45, 2.75) is 38.0 Å². The molecule has 1 aliphatic rings. The Bertz CT molecular complexity index is 392. The topological polar surface area (TPSA) is 57.5 Å². The number of aromatic hydroxyl groups is 1. The molecule has 2 rings (SSSR count).